The van der Waals surface area contributed by atoms with Crippen LogP contribution >= 0.6 is 0 Å². The van der Waals surface area contributed by atoms with E-state index in [1.807, 2.05) is 60.7 Å². The summed E-state index contributed by atoms with van der Waals surface area (Å²) in [6.07, 6.45) is 0.663. The zero-order chi connectivity index (χ0) is 14.5. The molecule has 3 rings (SSSR count). The van der Waals surface area contributed by atoms with Gasteiger partial charge in [-0.25, -0.2) is 0 Å². The Morgan fingerprint density at radius 3 is 2.29 bits per heavy atom. The van der Waals surface area contributed by atoms with Crippen molar-refractivity contribution in [1.82, 2.24) is 10.1 Å². The van der Waals surface area contributed by atoms with E-state index in [1.54, 1.807) is 0 Å². The van der Waals surface area contributed by atoms with Gasteiger partial charge in [0, 0.05) is 13.0 Å². The van der Waals surface area contributed by atoms with Crippen molar-refractivity contribution < 1.29 is 4.52 Å². The fourth-order valence-corrected chi connectivity index (χ4v) is 2.32. The van der Waals surface area contributed by atoms with Gasteiger partial charge in [-0.05, 0) is 11.1 Å². The van der Waals surface area contributed by atoms with E-state index < -0.39 is 0 Å². The largest absolute Gasteiger partial charge is 0.339 e. The molecular formula is C17H17N3O. The fourth-order valence-electron chi connectivity index (χ4n) is 2.32. The second-order valence-electron chi connectivity index (χ2n) is 4.91. The number of nitrogens with two attached hydrogens (primary N) is 1. The highest BCUT2D eigenvalue weighted by molar-refractivity contribution is 5.25. The summed E-state index contributed by atoms with van der Waals surface area (Å²) in [5.74, 6) is 1.21. The highest BCUT2D eigenvalue weighted by Crippen LogP contribution is 2.22. The fraction of sp³-hybridized carbons (Fsp3) is 0.176. The van der Waals surface area contributed by atoms with Crippen LogP contribution in [0, 0.1) is 0 Å². The van der Waals surface area contributed by atoms with Crippen molar-refractivity contribution in [2.75, 3.05) is 6.54 Å². The van der Waals surface area contributed by atoms with Crippen molar-refractivity contribution in [3.8, 4) is 0 Å². The van der Waals surface area contributed by atoms with Crippen LogP contribution in [0.2, 0.25) is 0 Å². The first-order valence-corrected chi connectivity index (χ1v) is 6.98. The normalized spacial score (nSPS) is 12.2. The van der Waals surface area contributed by atoms with Gasteiger partial charge in [0.1, 0.15) is 0 Å². The van der Waals surface area contributed by atoms with Gasteiger partial charge in [0.25, 0.3) is 0 Å². The Labute approximate surface area is 123 Å². The summed E-state index contributed by atoms with van der Waals surface area (Å²) in [6, 6.07) is 20.1. The molecule has 0 saturated carbocycles. The van der Waals surface area contributed by atoms with E-state index in [1.165, 1.54) is 0 Å². The Morgan fingerprint density at radius 1 is 0.952 bits per heavy atom. The molecule has 0 aliphatic heterocycles. The molecule has 2 aromatic carbocycles. The summed E-state index contributed by atoms with van der Waals surface area (Å²) in [7, 11) is 0. The number of benzene rings is 2. The first-order chi connectivity index (χ1) is 10.4. The highest BCUT2D eigenvalue weighted by Gasteiger charge is 2.19. The minimum Gasteiger partial charge on any atom is -0.339 e. The molecule has 106 valence electrons. The van der Waals surface area contributed by atoms with Crippen molar-refractivity contribution >= 4 is 0 Å². The molecule has 2 N–H and O–H groups in total. The van der Waals surface area contributed by atoms with Gasteiger partial charge >= 0.3 is 0 Å². The van der Waals surface area contributed by atoms with Gasteiger partial charge in [0.15, 0.2) is 5.82 Å². The lowest BCUT2D eigenvalue weighted by atomic mass is 9.99. The third kappa shape index (κ3) is 3.17. The van der Waals surface area contributed by atoms with Crippen molar-refractivity contribution in [3.05, 3.63) is 83.5 Å². The molecule has 1 aromatic heterocycles. The van der Waals surface area contributed by atoms with E-state index in [2.05, 4.69) is 10.1 Å². The Bertz CT molecular complexity index is 680. The highest BCUT2D eigenvalue weighted by atomic mass is 16.5. The van der Waals surface area contributed by atoms with Crippen LogP contribution in [0.4, 0.5) is 0 Å². The molecule has 4 nitrogen and oxygen atoms in total. The zero-order valence-electron chi connectivity index (χ0n) is 11.6. The third-order valence-corrected chi connectivity index (χ3v) is 3.42. The van der Waals surface area contributed by atoms with E-state index >= 15 is 0 Å². The first-order valence-electron chi connectivity index (χ1n) is 6.98. The Balaban J connectivity index is 1.80. The van der Waals surface area contributed by atoms with Crippen molar-refractivity contribution in [2.45, 2.75) is 12.3 Å². The number of hydrogen-bond acceptors (Lipinski definition) is 4. The van der Waals surface area contributed by atoms with Crippen LogP contribution in [0.5, 0.6) is 0 Å². The molecule has 1 heterocycles. The van der Waals surface area contributed by atoms with E-state index in [-0.39, 0.29) is 5.92 Å². The van der Waals surface area contributed by atoms with Crippen LogP contribution in [0.1, 0.15) is 28.8 Å². The maximum absolute atomic E-state index is 5.87. The second-order valence-corrected chi connectivity index (χ2v) is 4.91. The van der Waals surface area contributed by atoms with Crippen molar-refractivity contribution in [1.29, 1.82) is 0 Å². The SMILES string of the molecule is NCC(c1ccccc1)c1nc(Cc2ccccc2)no1. The Hall–Kier alpha value is -2.46. The lowest BCUT2D eigenvalue weighted by molar-refractivity contribution is 0.362. The van der Waals surface area contributed by atoms with E-state index in [0.29, 0.717) is 24.7 Å². The molecule has 0 saturated heterocycles. The van der Waals surface area contributed by atoms with Gasteiger partial charge in [0.05, 0.1) is 5.92 Å². The van der Waals surface area contributed by atoms with Gasteiger partial charge in [-0.2, -0.15) is 4.98 Å². The number of hydrogen-bond donors (Lipinski definition) is 1. The monoisotopic (exact) mass is 279 g/mol. The average Bonchev–Trinajstić information content (AvgIpc) is 2.98. The molecule has 21 heavy (non-hydrogen) atoms. The van der Waals surface area contributed by atoms with Crippen LogP contribution < -0.4 is 5.73 Å². The van der Waals surface area contributed by atoms with Crippen LogP contribution in [-0.4, -0.2) is 16.7 Å². The van der Waals surface area contributed by atoms with Gasteiger partial charge in [0.2, 0.25) is 5.89 Å². The molecule has 0 amide bonds. The number of rotatable bonds is 5. The lowest BCUT2D eigenvalue weighted by Gasteiger charge is -2.09. The number of aromatic nitrogens is 2. The summed E-state index contributed by atoms with van der Waals surface area (Å²) < 4.78 is 5.40. The van der Waals surface area contributed by atoms with Crippen LogP contribution in [0.3, 0.4) is 0 Å². The van der Waals surface area contributed by atoms with Crippen LogP contribution in [-0.2, 0) is 6.42 Å². The third-order valence-electron chi connectivity index (χ3n) is 3.42. The smallest absolute Gasteiger partial charge is 0.235 e. The Kier molecular flexibility index (Phi) is 4.07. The maximum atomic E-state index is 5.87. The predicted molar refractivity (Wildman–Crippen MR) is 80.9 cm³/mol. The lowest BCUT2D eigenvalue weighted by Crippen LogP contribution is -2.14. The molecule has 1 unspecified atom stereocenters. The molecule has 0 aliphatic carbocycles. The standard InChI is InChI=1S/C17H17N3O/c18-12-15(14-9-5-2-6-10-14)17-19-16(20-21-17)11-13-7-3-1-4-8-13/h1-10,15H,11-12,18H2. The molecule has 4 heteroatoms. The minimum absolute atomic E-state index is 0.0526. The summed E-state index contributed by atoms with van der Waals surface area (Å²) in [5, 5.41) is 4.06. The molecule has 0 fully saturated rings. The minimum atomic E-state index is -0.0526. The van der Waals surface area contributed by atoms with Gasteiger partial charge in [-0.15, -0.1) is 0 Å². The Morgan fingerprint density at radius 2 is 1.62 bits per heavy atom. The summed E-state index contributed by atoms with van der Waals surface area (Å²) in [6.45, 7) is 0.441. The molecule has 0 radical (unpaired) electrons. The molecule has 3 aromatic rings. The van der Waals surface area contributed by atoms with E-state index in [9.17, 15) is 0 Å². The molecule has 0 aliphatic rings. The molecular weight excluding hydrogens is 262 g/mol. The number of nitrogens with zero attached hydrogens (tertiary/aromatic N) is 2. The molecule has 1 atom stereocenters. The zero-order valence-corrected chi connectivity index (χ0v) is 11.6. The van der Waals surface area contributed by atoms with E-state index in [0.717, 1.165) is 11.1 Å². The van der Waals surface area contributed by atoms with E-state index in [4.69, 9.17) is 10.3 Å². The van der Waals surface area contributed by atoms with Gasteiger partial charge in [-0.1, -0.05) is 65.8 Å². The second kappa shape index (κ2) is 6.33. The quantitative estimate of drug-likeness (QED) is 0.780. The topological polar surface area (TPSA) is 64.9 Å². The summed E-state index contributed by atoms with van der Waals surface area (Å²) in [4.78, 5) is 4.50. The van der Waals surface area contributed by atoms with Gasteiger partial charge in [-0.3, -0.25) is 0 Å². The summed E-state index contributed by atoms with van der Waals surface area (Å²) >= 11 is 0. The average molecular weight is 279 g/mol. The summed E-state index contributed by atoms with van der Waals surface area (Å²) in [5.41, 5.74) is 8.12. The maximum Gasteiger partial charge on any atom is 0.235 e. The van der Waals surface area contributed by atoms with Crippen LogP contribution in [0.15, 0.2) is 65.2 Å². The first kappa shape index (κ1) is 13.5. The van der Waals surface area contributed by atoms with Crippen LogP contribution in [0.25, 0.3) is 0 Å². The molecule has 0 spiro atoms. The predicted octanol–water partition coefficient (Wildman–Crippen LogP) is 2.75. The van der Waals surface area contributed by atoms with Crippen molar-refractivity contribution in [3.63, 3.8) is 0 Å². The van der Waals surface area contributed by atoms with Gasteiger partial charge < -0.3 is 10.3 Å². The molecule has 0 bridgehead atoms. The van der Waals surface area contributed by atoms with Crippen molar-refractivity contribution in [2.24, 2.45) is 5.73 Å².